The molecule has 0 bridgehead atoms. The van der Waals surface area contributed by atoms with Crippen molar-refractivity contribution in [2.75, 3.05) is 13.2 Å². The largest absolute Gasteiger partial charge is 0.490 e. The van der Waals surface area contributed by atoms with Gasteiger partial charge >= 0.3 is 5.97 Å². The quantitative estimate of drug-likeness (QED) is 0.162. The van der Waals surface area contributed by atoms with E-state index in [1.807, 2.05) is 55.5 Å². The number of benzene rings is 4. The molecule has 4 rings (SSSR count). The number of fused-ring (bicyclic) bond motifs is 1. The van der Waals surface area contributed by atoms with Crippen LogP contribution >= 0.6 is 0 Å². The van der Waals surface area contributed by atoms with Gasteiger partial charge in [-0.25, -0.2) is 10.2 Å². The normalized spacial score (nSPS) is 10.8. The number of hydrogen-bond acceptors (Lipinski definition) is 6. The Morgan fingerprint density at radius 1 is 0.829 bits per heavy atom. The highest BCUT2D eigenvalue weighted by molar-refractivity contribution is 5.91. The monoisotopic (exact) mass is 468 g/mol. The molecular formula is C28H24N2O5. The van der Waals surface area contributed by atoms with Crippen molar-refractivity contribution in [2.24, 2.45) is 5.10 Å². The Bertz CT molecular complexity index is 1350. The molecule has 4 aromatic rings. The molecule has 0 aliphatic rings. The maximum Gasteiger partial charge on any atom is 0.343 e. The SMILES string of the molecule is CCOc1cc(/C=N\NC(=O)COc2ccc3ccccc3c2)ccc1OC(=O)c1ccccc1. The number of carbonyl (C=O) groups excluding carboxylic acids is 2. The van der Waals surface area contributed by atoms with E-state index >= 15 is 0 Å². The van der Waals surface area contributed by atoms with Gasteiger partial charge in [-0.05, 0) is 65.7 Å². The van der Waals surface area contributed by atoms with Crippen molar-refractivity contribution in [3.05, 3.63) is 102 Å². The van der Waals surface area contributed by atoms with Gasteiger partial charge in [0, 0.05) is 0 Å². The van der Waals surface area contributed by atoms with E-state index in [2.05, 4.69) is 10.5 Å². The fourth-order valence-electron chi connectivity index (χ4n) is 3.31. The third-order valence-electron chi connectivity index (χ3n) is 4.97. The second kappa shape index (κ2) is 11.5. The summed E-state index contributed by atoms with van der Waals surface area (Å²) in [6, 6.07) is 27.3. The minimum atomic E-state index is -0.480. The van der Waals surface area contributed by atoms with Crippen LogP contribution in [0, 0.1) is 0 Å². The van der Waals surface area contributed by atoms with Crippen LogP contribution in [-0.2, 0) is 4.79 Å². The van der Waals surface area contributed by atoms with Crippen molar-refractivity contribution in [1.29, 1.82) is 0 Å². The number of esters is 1. The van der Waals surface area contributed by atoms with Gasteiger partial charge in [0.1, 0.15) is 5.75 Å². The summed E-state index contributed by atoms with van der Waals surface area (Å²) in [4.78, 5) is 24.5. The summed E-state index contributed by atoms with van der Waals surface area (Å²) in [6.07, 6.45) is 1.47. The molecule has 0 spiro atoms. The number of nitrogens with one attached hydrogen (secondary N) is 1. The number of hydrogen-bond donors (Lipinski definition) is 1. The molecule has 0 fully saturated rings. The van der Waals surface area contributed by atoms with Gasteiger partial charge in [0.2, 0.25) is 0 Å². The maximum absolute atomic E-state index is 12.4. The summed E-state index contributed by atoms with van der Waals surface area (Å²) in [5.74, 6) is 0.418. The van der Waals surface area contributed by atoms with Crippen LogP contribution in [0.1, 0.15) is 22.8 Å². The second-order valence-electron chi connectivity index (χ2n) is 7.49. The van der Waals surface area contributed by atoms with E-state index < -0.39 is 11.9 Å². The predicted molar refractivity (Wildman–Crippen MR) is 134 cm³/mol. The number of amides is 1. The third kappa shape index (κ3) is 6.45. The molecule has 1 amide bonds. The lowest BCUT2D eigenvalue weighted by Crippen LogP contribution is -2.24. The molecule has 0 aromatic heterocycles. The van der Waals surface area contributed by atoms with E-state index in [4.69, 9.17) is 14.2 Å². The Kier molecular flexibility index (Phi) is 7.70. The molecule has 0 saturated heterocycles. The Labute approximate surface area is 202 Å². The first kappa shape index (κ1) is 23.5. The molecule has 0 unspecified atom stereocenters. The van der Waals surface area contributed by atoms with Crippen LogP contribution in [0.2, 0.25) is 0 Å². The Morgan fingerprint density at radius 2 is 1.60 bits per heavy atom. The van der Waals surface area contributed by atoms with Crippen LogP contribution in [0.25, 0.3) is 10.8 Å². The fraction of sp³-hybridized carbons (Fsp3) is 0.107. The van der Waals surface area contributed by atoms with Gasteiger partial charge in [-0.1, -0.05) is 48.5 Å². The molecule has 0 atom stereocenters. The maximum atomic E-state index is 12.4. The fourth-order valence-corrected chi connectivity index (χ4v) is 3.31. The number of nitrogens with zero attached hydrogens (tertiary/aromatic N) is 1. The molecule has 0 heterocycles. The van der Waals surface area contributed by atoms with Crippen LogP contribution in [0.5, 0.6) is 17.2 Å². The lowest BCUT2D eigenvalue weighted by molar-refractivity contribution is -0.123. The van der Waals surface area contributed by atoms with Crippen molar-refractivity contribution in [3.63, 3.8) is 0 Å². The highest BCUT2D eigenvalue weighted by Gasteiger charge is 2.13. The molecule has 0 radical (unpaired) electrons. The lowest BCUT2D eigenvalue weighted by atomic mass is 10.1. The van der Waals surface area contributed by atoms with Crippen molar-refractivity contribution < 1.29 is 23.8 Å². The summed E-state index contributed by atoms with van der Waals surface area (Å²) < 4.78 is 16.7. The molecule has 4 aromatic carbocycles. The van der Waals surface area contributed by atoms with Gasteiger partial charge in [0.15, 0.2) is 18.1 Å². The summed E-state index contributed by atoms with van der Waals surface area (Å²) in [6.45, 7) is 2.05. The third-order valence-corrected chi connectivity index (χ3v) is 4.97. The molecule has 7 heteroatoms. The average molecular weight is 469 g/mol. The first-order chi connectivity index (χ1) is 17.1. The average Bonchev–Trinajstić information content (AvgIpc) is 2.89. The van der Waals surface area contributed by atoms with Crippen molar-refractivity contribution in [3.8, 4) is 17.2 Å². The molecular weight excluding hydrogens is 444 g/mol. The first-order valence-corrected chi connectivity index (χ1v) is 11.1. The minimum Gasteiger partial charge on any atom is -0.490 e. The van der Waals surface area contributed by atoms with E-state index in [1.165, 1.54) is 6.21 Å². The summed E-state index contributed by atoms with van der Waals surface area (Å²) in [5, 5.41) is 6.11. The first-order valence-electron chi connectivity index (χ1n) is 11.1. The number of hydrazone groups is 1. The summed E-state index contributed by atoms with van der Waals surface area (Å²) in [7, 11) is 0. The van der Waals surface area contributed by atoms with Crippen LogP contribution in [0.4, 0.5) is 0 Å². The molecule has 0 saturated carbocycles. The standard InChI is InChI=1S/C28H24N2O5/c1-2-33-26-16-20(12-15-25(26)35-28(32)22-9-4-3-5-10-22)18-29-30-27(31)19-34-24-14-13-21-8-6-7-11-23(21)17-24/h3-18H,2,19H2,1H3,(H,30,31)/b29-18-. The molecule has 7 nitrogen and oxygen atoms in total. The molecule has 1 N–H and O–H groups in total. The van der Waals surface area contributed by atoms with Gasteiger partial charge < -0.3 is 14.2 Å². The van der Waals surface area contributed by atoms with Crippen molar-refractivity contribution in [1.82, 2.24) is 5.43 Å². The lowest BCUT2D eigenvalue weighted by Gasteiger charge is -2.11. The van der Waals surface area contributed by atoms with Gasteiger partial charge in [0.25, 0.3) is 5.91 Å². The zero-order valence-corrected chi connectivity index (χ0v) is 19.1. The Balaban J connectivity index is 1.33. The second-order valence-corrected chi connectivity index (χ2v) is 7.49. The van der Waals surface area contributed by atoms with Crippen LogP contribution < -0.4 is 19.6 Å². The van der Waals surface area contributed by atoms with Gasteiger partial charge in [-0.2, -0.15) is 5.10 Å². The Hall–Kier alpha value is -4.65. The van der Waals surface area contributed by atoms with Crippen LogP contribution in [0.3, 0.4) is 0 Å². The molecule has 0 aliphatic carbocycles. The molecule has 35 heavy (non-hydrogen) atoms. The van der Waals surface area contributed by atoms with Gasteiger partial charge in [-0.3, -0.25) is 4.79 Å². The number of rotatable bonds is 9. The predicted octanol–water partition coefficient (Wildman–Crippen LogP) is 4.99. The van der Waals surface area contributed by atoms with E-state index in [0.29, 0.717) is 35.0 Å². The zero-order valence-electron chi connectivity index (χ0n) is 19.1. The Morgan fingerprint density at radius 3 is 2.40 bits per heavy atom. The van der Waals surface area contributed by atoms with Gasteiger partial charge in [-0.15, -0.1) is 0 Å². The van der Waals surface area contributed by atoms with Crippen molar-refractivity contribution in [2.45, 2.75) is 6.92 Å². The summed E-state index contributed by atoms with van der Waals surface area (Å²) in [5.41, 5.74) is 3.53. The highest BCUT2D eigenvalue weighted by Crippen LogP contribution is 2.29. The number of carbonyl (C=O) groups is 2. The topological polar surface area (TPSA) is 86.2 Å². The van der Waals surface area contributed by atoms with E-state index in [9.17, 15) is 9.59 Å². The summed E-state index contributed by atoms with van der Waals surface area (Å²) >= 11 is 0. The van der Waals surface area contributed by atoms with E-state index in [1.54, 1.807) is 42.5 Å². The van der Waals surface area contributed by atoms with Crippen LogP contribution in [0.15, 0.2) is 96.1 Å². The highest BCUT2D eigenvalue weighted by atomic mass is 16.6. The van der Waals surface area contributed by atoms with Gasteiger partial charge in [0.05, 0.1) is 18.4 Å². The van der Waals surface area contributed by atoms with Crippen molar-refractivity contribution >= 4 is 28.9 Å². The molecule has 0 aliphatic heterocycles. The number of ether oxygens (including phenoxy) is 3. The minimum absolute atomic E-state index is 0.172. The molecule has 176 valence electrons. The van der Waals surface area contributed by atoms with E-state index in [-0.39, 0.29) is 6.61 Å². The zero-order chi connectivity index (χ0) is 24.5. The van der Waals surface area contributed by atoms with Crippen LogP contribution in [-0.4, -0.2) is 31.3 Å². The van der Waals surface area contributed by atoms with E-state index in [0.717, 1.165) is 10.8 Å². The smallest absolute Gasteiger partial charge is 0.343 e.